The number of fused-ring (bicyclic) bond motifs is 9. The van der Waals surface area contributed by atoms with Gasteiger partial charge in [0.25, 0.3) is 0 Å². The molecule has 2 heterocycles. The van der Waals surface area contributed by atoms with Crippen molar-refractivity contribution in [2.75, 3.05) is 4.90 Å². The highest BCUT2D eigenvalue weighted by Gasteiger charge is 2.19. The van der Waals surface area contributed by atoms with Crippen molar-refractivity contribution < 1.29 is 4.42 Å². The smallest absolute Gasteiger partial charge is 0.143 e. The lowest BCUT2D eigenvalue weighted by Gasteiger charge is -2.26. The maximum absolute atomic E-state index is 6.75. The number of benzene rings is 9. The van der Waals surface area contributed by atoms with E-state index in [1.165, 1.54) is 52.8 Å². The third-order valence-corrected chi connectivity index (χ3v) is 11.9. The summed E-state index contributed by atoms with van der Waals surface area (Å²) in [6, 6.07) is 67.9. The Hall–Kier alpha value is -6.68. The molecule has 11 aromatic rings. The summed E-state index contributed by atoms with van der Waals surface area (Å²) in [5.74, 6) is 0. The molecule has 53 heavy (non-hydrogen) atoms. The number of hydrogen-bond acceptors (Lipinski definition) is 3. The van der Waals surface area contributed by atoms with Crippen LogP contribution in [0.5, 0.6) is 0 Å². The van der Waals surface area contributed by atoms with E-state index in [-0.39, 0.29) is 0 Å². The van der Waals surface area contributed by atoms with Gasteiger partial charge in [-0.3, -0.25) is 0 Å². The van der Waals surface area contributed by atoms with E-state index in [0.29, 0.717) is 0 Å². The highest BCUT2D eigenvalue weighted by molar-refractivity contribution is 7.26. The maximum atomic E-state index is 6.75. The Balaban J connectivity index is 1.09. The van der Waals surface area contributed by atoms with Crippen molar-refractivity contribution in [3.8, 4) is 22.3 Å². The molecule has 9 aromatic carbocycles. The lowest BCUT2D eigenvalue weighted by Crippen LogP contribution is -2.09. The zero-order valence-electron chi connectivity index (χ0n) is 28.7. The molecule has 0 spiro atoms. The molecule has 0 fully saturated rings. The van der Waals surface area contributed by atoms with Gasteiger partial charge in [0, 0.05) is 59.6 Å². The molecule has 0 N–H and O–H groups in total. The SMILES string of the molecule is c1ccc(-c2cccc3c2oc2cc(N(c4ccc(-c5cccc6c5sc5ccccc56)cc4)c4ccc5ccc6ccccc6c5c4)ccc23)cc1. The Morgan fingerprint density at radius 1 is 0.377 bits per heavy atom. The summed E-state index contributed by atoms with van der Waals surface area (Å²) in [6.07, 6.45) is 0. The third-order valence-electron chi connectivity index (χ3n) is 10.7. The van der Waals surface area contributed by atoms with E-state index in [1.54, 1.807) is 0 Å². The van der Waals surface area contributed by atoms with Gasteiger partial charge in [0.1, 0.15) is 11.2 Å². The highest BCUT2D eigenvalue weighted by Crippen LogP contribution is 2.44. The predicted octanol–water partition coefficient (Wildman–Crippen LogP) is 15.1. The van der Waals surface area contributed by atoms with Crippen molar-refractivity contribution in [1.29, 1.82) is 0 Å². The zero-order chi connectivity index (χ0) is 34.9. The number of thiophene rings is 1. The number of hydrogen-bond donors (Lipinski definition) is 0. The summed E-state index contributed by atoms with van der Waals surface area (Å²) >= 11 is 1.87. The summed E-state index contributed by atoms with van der Waals surface area (Å²) in [7, 11) is 0. The topological polar surface area (TPSA) is 16.4 Å². The first-order chi connectivity index (χ1) is 26.3. The van der Waals surface area contributed by atoms with E-state index < -0.39 is 0 Å². The van der Waals surface area contributed by atoms with Crippen LogP contribution in [0.4, 0.5) is 17.1 Å². The largest absolute Gasteiger partial charge is 0.455 e. The third kappa shape index (κ3) is 4.86. The summed E-state index contributed by atoms with van der Waals surface area (Å²) < 4.78 is 9.39. The van der Waals surface area contributed by atoms with Crippen molar-refractivity contribution in [3.63, 3.8) is 0 Å². The Morgan fingerprint density at radius 2 is 1.00 bits per heavy atom. The fourth-order valence-electron chi connectivity index (χ4n) is 8.11. The minimum absolute atomic E-state index is 0.866. The fourth-order valence-corrected chi connectivity index (χ4v) is 9.35. The minimum atomic E-state index is 0.866. The van der Waals surface area contributed by atoms with Gasteiger partial charge in [-0.1, -0.05) is 140 Å². The van der Waals surface area contributed by atoms with Gasteiger partial charge in [-0.2, -0.15) is 0 Å². The van der Waals surface area contributed by atoms with Gasteiger partial charge in [-0.25, -0.2) is 0 Å². The molecule has 0 atom stereocenters. The van der Waals surface area contributed by atoms with E-state index in [2.05, 4.69) is 193 Å². The molecule has 3 heteroatoms. The fraction of sp³-hybridized carbons (Fsp3) is 0. The van der Waals surface area contributed by atoms with Gasteiger partial charge in [0.05, 0.1) is 0 Å². The first-order valence-corrected chi connectivity index (χ1v) is 18.8. The van der Waals surface area contributed by atoms with Crippen LogP contribution in [0, 0.1) is 0 Å². The zero-order valence-corrected chi connectivity index (χ0v) is 29.5. The van der Waals surface area contributed by atoms with Gasteiger partial charge in [0.15, 0.2) is 0 Å². The standard InChI is InChI=1S/C50H31NOS/c1-2-10-32(11-3-1)40-15-8-17-44-42-29-28-38(31-47(42)52-49(40)44)51(37-27-24-35-21-20-33-12-4-5-13-39(33)46(35)30-37)36-25-22-34(23-26-36)41-16-9-18-45-43-14-6-7-19-48(43)53-50(41)45/h1-31H. The molecule has 2 aromatic heterocycles. The van der Waals surface area contributed by atoms with Crippen molar-refractivity contribution in [3.05, 3.63) is 188 Å². The van der Waals surface area contributed by atoms with Gasteiger partial charge in [-0.05, 0) is 80.7 Å². The van der Waals surface area contributed by atoms with Crippen LogP contribution in [0.2, 0.25) is 0 Å². The van der Waals surface area contributed by atoms with Crippen molar-refractivity contribution in [2.24, 2.45) is 0 Å². The molecule has 0 saturated heterocycles. The highest BCUT2D eigenvalue weighted by atomic mass is 32.1. The first-order valence-electron chi connectivity index (χ1n) is 18.0. The van der Waals surface area contributed by atoms with E-state index in [9.17, 15) is 0 Å². The average molecular weight is 694 g/mol. The van der Waals surface area contributed by atoms with Crippen molar-refractivity contribution >= 4 is 92.1 Å². The second kappa shape index (κ2) is 11.9. The summed E-state index contributed by atoms with van der Waals surface area (Å²) in [5.41, 5.74) is 9.70. The number of nitrogens with zero attached hydrogens (tertiary/aromatic N) is 1. The first kappa shape index (κ1) is 30.0. The van der Waals surface area contributed by atoms with Crippen LogP contribution >= 0.6 is 11.3 Å². The van der Waals surface area contributed by atoms with Crippen LogP contribution in [-0.4, -0.2) is 0 Å². The molecule has 0 unspecified atom stereocenters. The Labute approximate surface area is 310 Å². The van der Waals surface area contributed by atoms with Gasteiger partial charge in [-0.15, -0.1) is 11.3 Å². The lowest BCUT2D eigenvalue weighted by atomic mass is 10.00. The molecule has 0 saturated carbocycles. The predicted molar refractivity (Wildman–Crippen MR) is 227 cm³/mol. The average Bonchev–Trinajstić information content (AvgIpc) is 3.80. The molecule has 0 aliphatic rings. The number of anilines is 3. The van der Waals surface area contributed by atoms with Crippen molar-refractivity contribution in [2.45, 2.75) is 0 Å². The maximum Gasteiger partial charge on any atom is 0.143 e. The molecular formula is C50H31NOS. The Morgan fingerprint density at radius 3 is 1.87 bits per heavy atom. The van der Waals surface area contributed by atoms with Crippen molar-refractivity contribution in [1.82, 2.24) is 0 Å². The molecule has 0 bridgehead atoms. The van der Waals surface area contributed by atoms with E-state index in [1.807, 2.05) is 11.3 Å². The normalized spacial score (nSPS) is 11.8. The number of furan rings is 1. The molecule has 2 nitrogen and oxygen atoms in total. The van der Waals surface area contributed by atoms with Crippen LogP contribution in [0.3, 0.4) is 0 Å². The van der Waals surface area contributed by atoms with Gasteiger partial charge < -0.3 is 9.32 Å². The summed E-state index contributed by atoms with van der Waals surface area (Å²) in [5, 5.41) is 9.80. The molecule has 11 rings (SSSR count). The van der Waals surface area contributed by atoms with Crippen LogP contribution in [0.25, 0.3) is 85.9 Å². The number of para-hydroxylation sites is 1. The summed E-state index contributed by atoms with van der Waals surface area (Å²) in [4.78, 5) is 2.36. The van der Waals surface area contributed by atoms with E-state index in [4.69, 9.17) is 4.42 Å². The second-order valence-electron chi connectivity index (χ2n) is 13.7. The lowest BCUT2D eigenvalue weighted by molar-refractivity contribution is 0.670. The number of rotatable bonds is 5. The van der Waals surface area contributed by atoms with Gasteiger partial charge in [0.2, 0.25) is 0 Å². The van der Waals surface area contributed by atoms with Gasteiger partial charge >= 0.3 is 0 Å². The van der Waals surface area contributed by atoms with Crippen LogP contribution in [0.1, 0.15) is 0 Å². The van der Waals surface area contributed by atoms with E-state index >= 15 is 0 Å². The molecule has 248 valence electrons. The Kier molecular flexibility index (Phi) is 6.76. The molecular weight excluding hydrogens is 663 g/mol. The quantitative estimate of drug-likeness (QED) is 0.167. The van der Waals surface area contributed by atoms with E-state index in [0.717, 1.165) is 50.1 Å². The molecule has 0 amide bonds. The second-order valence-corrected chi connectivity index (χ2v) is 14.7. The Bertz CT molecular complexity index is 3170. The molecule has 0 aliphatic heterocycles. The molecule has 0 aliphatic carbocycles. The van der Waals surface area contributed by atoms with Crippen LogP contribution < -0.4 is 4.90 Å². The van der Waals surface area contributed by atoms with Crippen LogP contribution in [-0.2, 0) is 0 Å². The van der Waals surface area contributed by atoms with Crippen LogP contribution in [0.15, 0.2) is 192 Å². The molecule has 0 radical (unpaired) electrons. The monoisotopic (exact) mass is 693 g/mol. The summed E-state index contributed by atoms with van der Waals surface area (Å²) in [6.45, 7) is 0. The minimum Gasteiger partial charge on any atom is -0.455 e.